The number of halogens is 3. The minimum atomic E-state index is -4.33. The first-order valence-corrected chi connectivity index (χ1v) is 8.88. The van der Waals surface area contributed by atoms with Crippen LogP contribution in [0.1, 0.15) is 22.3 Å². The van der Waals surface area contributed by atoms with E-state index in [2.05, 4.69) is 20.3 Å². The van der Waals surface area contributed by atoms with Crippen LogP contribution in [0.25, 0.3) is 11.0 Å². The third kappa shape index (κ3) is 4.31. The van der Waals surface area contributed by atoms with Crippen LogP contribution in [-0.2, 0) is 19.1 Å². The molecular weight excluding hydrogens is 381 g/mol. The molecule has 0 saturated carbocycles. The van der Waals surface area contributed by atoms with Gasteiger partial charge >= 0.3 is 6.18 Å². The van der Waals surface area contributed by atoms with Crippen molar-refractivity contribution in [1.29, 1.82) is 0 Å². The third-order valence-corrected chi connectivity index (χ3v) is 4.58. The van der Waals surface area contributed by atoms with Crippen molar-refractivity contribution in [3.05, 3.63) is 83.3 Å². The average molecular weight is 398 g/mol. The molecule has 0 amide bonds. The number of H-pyrrole nitrogens is 1. The molecule has 0 saturated heterocycles. The van der Waals surface area contributed by atoms with E-state index in [1.165, 1.54) is 18.3 Å². The van der Waals surface area contributed by atoms with Gasteiger partial charge in [0.1, 0.15) is 17.2 Å². The number of anilines is 1. The highest BCUT2D eigenvalue weighted by molar-refractivity contribution is 5.81. The number of aromatic hydroxyl groups is 1. The zero-order valence-corrected chi connectivity index (χ0v) is 15.2. The molecule has 1 aromatic carbocycles. The number of hydrogen-bond donors (Lipinski definition) is 3. The van der Waals surface area contributed by atoms with Crippen molar-refractivity contribution in [2.24, 2.45) is 0 Å². The molecule has 4 aromatic rings. The van der Waals surface area contributed by atoms with Gasteiger partial charge in [-0.05, 0) is 41.0 Å². The molecule has 0 radical (unpaired) electrons. The number of rotatable bonds is 5. The van der Waals surface area contributed by atoms with E-state index in [0.717, 1.165) is 34.2 Å². The summed E-state index contributed by atoms with van der Waals surface area (Å²) in [5.41, 5.74) is 2.75. The Bertz CT molecular complexity index is 1120. The van der Waals surface area contributed by atoms with Gasteiger partial charge in [-0.1, -0.05) is 18.2 Å². The first kappa shape index (κ1) is 18.8. The van der Waals surface area contributed by atoms with Crippen molar-refractivity contribution >= 4 is 16.9 Å². The largest absolute Gasteiger partial charge is 0.506 e. The molecule has 0 aliphatic heterocycles. The Labute approximate surface area is 164 Å². The predicted octanol–water partition coefficient (Wildman–Crippen LogP) is 4.89. The number of benzene rings is 1. The Hall–Kier alpha value is -3.55. The van der Waals surface area contributed by atoms with Gasteiger partial charge in [0.2, 0.25) is 0 Å². The Morgan fingerprint density at radius 2 is 1.72 bits per heavy atom. The summed E-state index contributed by atoms with van der Waals surface area (Å²) in [6, 6.07) is 10.5. The highest BCUT2D eigenvalue weighted by Gasteiger charge is 2.29. The number of alkyl halides is 3. The number of nitrogens with zero attached hydrogens (tertiary/aromatic N) is 2. The summed E-state index contributed by atoms with van der Waals surface area (Å²) in [5, 5.41) is 13.6. The molecular formula is C21H17F3N4O. The fourth-order valence-electron chi connectivity index (χ4n) is 3.05. The number of fused-ring (bicyclic) bond motifs is 1. The van der Waals surface area contributed by atoms with Gasteiger partial charge in [-0.15, -0.1) is 0 Å². The van der Waals surface area contributed by atoms with Gasteiger partial charge < -0.3 is 15.4 Å². The van der Waals surface area contributed by atoms with Crippen LogP contribution in [0.2, 0.25) is 0 Å². The van der Waals surface area contributed by atoms with Crippen LogP contribution in [0.3, 0.4) is 0 Å². The van der Waals surface area contributed by atoms with E-state index in [1.807, 2.05) is 18.3 Å². The van der Waals surface area contributed by atoms with Gasteiger partial charge in [-0.25, -0.2) is 9.97 Å². The normalized spacial score (nSPS) is 11.7. The Morgan fingerprint density at radius 1 is 0.966 bits per heavy atom. The van der Waals surface area contributed by atoms with E-state index >= 15 is 0 Å². The van der Waals surface area contributed by atoms with Crippen LogP contribution in [0.5, 0.6) is 5.75 Å². The highest BCUT2D eigenvalue weighted by atomic mass is 19.4. The first-order valence-electron chi connectivity index (χ1n) is 8.88. The molecule has 0 aliphatic carbocycles. The van der Waals surface area contributed by atoms with Gasteiger partial charge in [0.15, 0.2) is 0 Å². The minimum Gasteiger partial charge on any atom is -0.506 e. The van der Waals surface area contributed by atoms with E-state index in [0.29, 0.717) is 24.4 Å². The predicted molar refractivity (Wildman–Crippen MR) is 104 cm³/mol. The maximum absolute atomic E-state index is 12.6. The van der Waals surface area contributed by atoms with Gasteiger partial charge in [0, 0.05) is 30.7 Å². The molecule has 148 valence electrons. The Balaban J connectivity index is 1.39. The average Bonchev–Trinajstić information content (AvgIpc) is 3.09. The van der Waals surface area contributed by atoms with Gasteiger partial charge in [0.05, 0.1) is 11.8 Å². The SMILES string of the molecule is Oc1cnc2[nH]cc(Cc3ccc(NCc4ccc(C(F)(F)F)cc4)nc3)c2c1. The topological polar surface area (TPSA) is 73.8 Å². The lowest BCUT2D eigenvalue weighted by Crippen LogP contribution is -2.06. The second-order valence-corrected chi connectivity index (χ2v) is 6.68. The summed E-state index contributed by atoms with van der Waals surface area (Å²) in [6.07, 6.45) is 1.28. The Morgan fingerprint density at radius 3 is 2.41 bits per heavy atom. The summed E-state index contributed by atoms with van der Waals surface area (Å²) in [5.74, 6) is 0.742. The van der Waals surface area contributed by atoms with E-state index in [-0.39, 0.29) is 5.75 Å². The molecule has 0 fully saturated rings. The van der Waals surface area contributed by atoms with Crippen LogP contribution < -0.4 is 5.32 Å². The van der Waals surface area contributed by atoms with Crippen LogP contribution in [-0.4, -0.2) is 20.1 Å². The lowest BCUT2D eigenvalue weighted by molar-refractivity contribution is -0.137. The standard InChI is InChI=1S/C21H17F3N4O/c22-21(23,24)16-4-1-13(2-5-16)9-25-19-6-3-14(10-26-19)7-15-11-27-20-18(15)8-17(29)12-28-20/h1-6,8,10-12,29H,7,9H2,(H,25,26)(H,27,28). The molecule has 0 spiro atoms. The summed E-state index contributed by atoms with van der Waals surface area (Å²) < 4.78 is 37.8. The monoisotopic (exact) mass is 398 g/mol. The number of nitrogens with one attached hydrogen (secondary N) is 2. The van der Waals surface area contributed by atoms with E-state index in [4.69, 9.17) is 0 Å². The zero-order chi connectivity index (χ0) is 20.4. The van der Waals surface area contributed by atoms with Crippen molar-refractivity contribution in [3.63, 3.8) is 0 Å². The van der Waals surface area contributed by atoms with Crippen LogP contribution >= 0.6 is 0 Å². The molecule has 0 aliphatic rings. The summed E-state index contributed by atoms with van der Waals surface area (Å²) >= 11 is 0. The van der Waals surface area contributed by atoms with E-state index in [9.17, 15) is 18.3 Å². The molecule has 0 atom stereocenters. The van der Waals surface area contributed by atoms with E-state index < -0.39 is 11.7 Å². The number of hydrogen-bond acceptors (Lipinski definition) is 4. The second-order valence-electron chi connectivity index (χ2n) is 6.68. The molecule has 29 heavy (non-hydrogen) atoms. The molecule has 0 bridgehead atoms. The molecule has 3 aromatic heterocycles. The van der Waals surface area contributed by atoms with Crippen LogP contribution in [0.4, 0.5) is 19.0 Å². The van der Waals surface area contributed by atoms with Crippen molar-refractivity contribution < 1.29 is 18.3 Å². The number of pyridine rings is 2. The molecule has 8 heteroatoms. The summed E-state index contributed by atoms with van der Waals surface area (Å²) in [7, 11) is 0. The number of aromatic nitrogens is 3. The summed E-state index contributed by atoms with van der Waals surface area (Å²) in [4.78, 5) is 11.6. The fourth-order valence-corrected chi connectivity index (χ4v) is 3.05. The van der Waals surface area contributed by atoms with E-state index in [1.54, 1.807) is 12.3 Å². The third-order valence-electron chi connectivity index (χ3n) is 4.58. The van der Waals surface area contributed by atoms with Crippen molar-refractivity contribution in [1.82, 2.24) is 15.0 Å². The lowest BCUT2D eigenvalue weighted by atomic mass is 10.1. The first-order chi connectivity index (χ1) is 13.9. The zero-order valence-electron chi connectivity index (χ0n) is 15.2. The smallest absolute Gasteiger partial charge is 0.416 e. The molecule has 5 nitrogen and oxygen atoms in total. The maximum Gasteiger partial charge on any atom is 0.416 e. The van der Waals surface area contributed by atoms with Crippen LogP contribution in [0, 0.1) is 0 Å². The molecule has 0 unspecified atom stereocenters. The maximum atomic E-state index is 12.6. The van der Waals surface area contributed by atoms with Crippen LogP contribution in [0.15, 0.2) is 61.1 Å². The van der Waals surface area contributed by atoms with Gasteiger partial charge in [-0.2, -0.15) is 13.2 Å². The summed E-state index contributed by atoms with van der Waals surface area (Å²) in [6.45, 7) is 0.373. The van der Waals surface area contributed by atoms with Crippen molar-refractivity contribution in [2.45, 2.75) is 19.1 Å². The molecule has 4 rings (SSSR count). The van der Waals surface area contributed by atoms with Crippen molar-refractivity contribution in [2.75, 3.05) is 5.32 Å². The van der Waals surface area contributed by atoms with Crippen molar-refractivity contribution in [3.8, 4) is 5.75 Å². The molecule has 3 N–H and O–H groups in total. The van der Waals surface area contributed by atoms with Gasteiger partial charge in [-0.3, -0.25) is 0 Å². The molecule has 3 heterocycles. The number of aromatic amines is 1. The Kier molecular flexibility index (Phi) is 4.84. The second kappa shape index (κ2) is 7.46. The highest BCUT2D eigenvalue weighted by Crippen LogP contribution is 2.29. The lowest BCUT2D eigenvalue weighted by Gasteiger charge is -2.09. The van der Waals surface area contributed by atoms with Gasteiger partial charge in [0.25, 0.3) is 0 Å². The fraction of sp³-hybridized carbons (Fsp3) is 0.143. The quantitative estimate of drug-likeness (QED) is 0.448. The minimum absolute atomic E-state index is 0.110.